The lowest BCUT2D eigenvalue weighted by Gasteiger charge is -2.40. The third kappa shape index (κ3) is 4.42. The van der Waals surface area contributed by atoms with Gasteiger partial charge < -0.3 is 4.90 Å². The van der Waals surface area contributed by atoms with Crippen molar-refractivity contribution in [2.45, 2.75) is 38.6 Å². The van der Waals surface area contributed by atoms with Gasteiger partial charge in [-0.05, 0) is 75.2 Å². The molecule has 0 N–H and O–H groups in total. The minimum atomic E-state index is -0.0385. The Morgan fingerprint density at radius 3 is 2.18 bits per heavy atom. The van der Waals surface area contributed by atoms with Gasteiger partial charge in [0.2, 0.25) is 0 Å². The first-order valence-electron chi connectivity index (χ1n) is 11.5. The molecular weight excluding hydrogens is 451 g/mol. The molecule has 0 unspecified atom stereocenters. The van der Waals surface area contributed by atoms with E-state index in [1.54, 1.807) is 18.2 Å². The number of anilines is 1. The Morgan fingerprint density at radius 2 is 1.52 bits per heavy atom. The normalized spacial score (nSPS) is 17.4. The summed E-state index contributed by atoms with van der Waals surface area (Å²) in [6.45, 7) is 7.96. The van der Waals surface area contributed by atoms with Crippen molar-refractivity contribution in [2.75, 3.05) is 24.5 Å². The Kier molecular flexibility index (Phi) is 5.98. The molecule has 0 bridgehead atoms. The van der Waals surface area contributed by atoms with Crippen molar-refractivity contribution in [1.82, 2.24) is 4.90 Å². The molecule has 1 amide bonds. The van der Waals surface area contributed by atoms with E-state index in [0.717, 1.165) is 38.2 Å². The molecule has 1 spiro atoms. The van der Waals surface area contributed by atoms with Gasteiger partial charge in [0.25, 0.3) is 5.91 Å². The summed E-state index contributed by atoms with van der Waals surface area (Å²) in [5, 5.41) is 0.960. The highest BCUT2D eigenvalue weighted by Gasteiger charge is 2.46. The van der Waals surface area contributed by atoms with Crippen LogP contribution in [0.15, 0.2) is 60.7 Å². The van der Waals surface area contributed by atoms with Gasteiger partial charge in [-0.15, -0.1) is 0 Å². The van der Waals surface area contributed by atoms with Gasteiger partial charge in [-0.2, -0.15) is 0 Å². The van der Waals surface area contributed by atoms with Crippen molar-refractivity contribution in [2.24, 2.45) is 0 Å². The SMILES string of the molecule is Cc1ccc(CN2CCC3(CC2)CN(C(=O)c2cc(Cl)cc(Cl)c2)c2ccc(C)cc23)cc1. The number of nitrogens with zero attached hydrogens (tertiary/aromatic N) is 2. The van der Waals surface area contributed by atoms with Gasteiger partial charge in [0.1, 0.15) is 0 Å². The van der Waals surface area contributed by atoms with Gasteiger partial charge in [0.15, 0.2) is 0 Å². The number of amides is 1. The molecule has 3 nitrogen and oxygen atoms in total. The third-order valence-electron chi connectivity index (χ3n) is 7.17. The van der Waals surface area contributed by atoms with Crippen LogP contribution in [0.3, 0.4) is 0 Å². The molecule has 2 heterocycles. The van der Waals surface area contributed by atoms with Crippen LogP contribution >= 0.6 is 23.2 Å². The molecular formula is C28H28Cl2N2O. The zero-order valence-electron chi connectivity index (χ0n) is 19.1. The van der Waals surface area contributed by atoms with Crippen molar-refractivity contribution in [3.8, 4) is 0 Å². The molecule has 1 saturated heterocycles. The lowest BCUT2D eigenvalue weighted by atomic mass is 9.74. The number of benzene rings is 3. The summed E-state index contributed by atoms with van der Waals surface area (Å²) in [6, 6.07) is 20.4. The van der Waals surface area contributed by atoms with Gasteiger partial charge in [-0.1, -0.05) is 70.7 Å². The highest BCUT2D eigenvalue weighted by Crippen LogP contribution is 2.48. The van der Waals surface area contributed by atoms with Crippen LogP contribution in [-0.2, 0) is 12.0 Å². The lowest BCUT2D eigenvalue weighted by molar-refractivity contribution is 0.0975. The minimum Gasteiger partial charge on any atom is -0.307 e. The van der Waals surface area contributed by atoms with Crippen LogP contribution in [0.2, 0.25) is 10.0 Å². The minimum absolute atomic E-state index is 0.0108. The molecule has 2 aliphatic rings. The van der Waals surface area contributed by atoms with Gasteiger partial charge in [0, 0.05) is 39.8 Å². The predicted octanol–water partition coefficient (Wildman–Crippen LogP) is 6.80. The fourth-order valence-corrected chi connectivity index (χ4v) is 5.84. The molecule has 2 aliphatic heterocycles. The first kappa shape index (κ1) is 22.5. The molecule has 0 saturated carbocycles. The standard InChI is InChI=1S/C28H28Cl2N2O/c1-19-3-6-21(7-4-19)17-31-11-9-28(10-12-31)18-32(26-8-5-20(2)13-25(26)28)27(33)22-14-23(29)16-24(30)15-22/h3-8,13-16H,9-12,17-18H2,1-2H3. The quantitative estimate of drug-likeness (QED) is 0.412. The van der Waals surface area contributed by atoms with E-state index in [0.29, 0.717) is 22.2 Å². The zero-order chi connectivity index (χ0) is 23.2. The molecule has 5 heteroatoms. The van der Waals surface area contributed by atoms with Crippen molar-refractivity contribution < 1.29 is 4.79 Å². The maximum atomic E-state index is 13.6. The van der Waals surface area contributed by atoms with Crippen LogP contribution < -0.4 is 4.90 Å². The van der Waals surface area contributed by atoms with Crippen LogP contribution in [0.4, 0.5) is 5.69 Å². The van der Waals surface area contributed by atoms with Gasteiger partial charge >= 0.3 is 0 Å². The van der Waals surface area contributed by atoms with Crippen molar-refractivity contribution in [3.05, 3.63) is 98.5 Å². The Balaban J connectivity index is 1.39. The summed E-state index contributed by atoms with van der Waals surface area (Å²) >= 11 is 12.4. The molecule has 3 aromatic rings. The number of carbonyl (C=O) groups is 1. The largest absolute Gasteiger partial charge is 0.307 e. The monoisotopic (exact) mass is 478 g/mol. The smallest absolute Gasteiger partial charge is 0.258 e. The lowest BCUT2D eigenvalue weighted by Crippen LogP contribution is -2.45. The van der Waals surface area contributed by atoms with E-state index in [9.17, 15) is 4.79 Å². The summed E-state index contributed by atoms with van der Waals surface area (Å²) in [5.41, 5.74) is 6.73. The first-order valence-corrected chi connectivity index (χ1v) is 12.3. The second-order valence-electron chi connectivity index (χ2n) is 9.61. The van der Waals surface area contributed by atoms with E-state index < -0.39 is 0 Å². The average Bonchev–Trinajstić information content (AvgIpc) is 3.09. The maximum Gasteiger partial charge on any atom is 0.258 e. The number of halogens is 2. The molecule has 33 heavy (non-hydrogen) atoms. The third-order valence-corrected chi connectivity index (χ3v) is 7.61. The molecule has 1 fully saturated rings. The van der Waals surface area contributed by atoms with Crippen LogP contribution in [-0.4, -0.2) is 30.4 Å². The highest BCUT2D eigenvalue weighted by atomic mass is 35.5. The van der Waals surface area contributed by atoms with Gasteiger partial charge in [-0.3, -0.25) is 9.69 Å². The van der Waals surface area contributed by atoms with Crippen molar-refractivity contribution in [1.29, 1.82) is 0 Å². The van der Waals surface area contributed by atoms with E-state index >= 15 is 0 Å². The molecule has 0 aliphatic carbocycles. The van der Waals surface area contributed by atoms with E-state index in [1.165, 1.54) is 22.3 Å². The Labute approximate surface area is 205 Å². The second-order valence-corrected chi connectivity index (χ2v) is 10.5. The topological polar surface area (TPSA) is 23.6 Å². The summed E-state index contributed by atoms with van der Waals surface area (Å²) in [4.78, 5) is 18.0. The van der Waals surface area contributed by atoms with E-state index in [-0.39, 0.29) is 11.3 Å². The number of piperidine rings is 1. The molecule has 5 rings (SSSR count). The summed E-state index contributed by atoms with van der Waals surface area (Å²) in [7, 11) is 0. The average molecular weight is 479 g/mol. The second kappa shape index (κ2) is 8.79. The van der Waals surface area contributed by atoms with Crippen molar-refractivity contribution >= 4 is 34.8 Å². The van der Waals surface area contributed by atoms with Crippen LogP contribution in [0.5, 0.6) is 0 Å². The molecule has 0 atom stereocenters. The van der Waals surface area contributed by atoms with Crippen LogP contribution in [0.25, 0.3) is 0 Å². The summed E-state index contributed by atoms with van der Waals surface area (Å²) < 4.78 is 0. The number of aryl methyl sites for hydroxylation is 2. The Bertz CT molecular complexity index is 1180. The number of hydrogen-bond acceptors (Lipinski definition) is 2. The molecule has 170 valence electrons. The Hall–Kier alpha value is -2.33. The number of fused-ring (bicyclic) bond motifs is 2. The van der Waals surface area contributed by atoms with Crippen LogP contribution in [0.1, 0.15) is 45.5 Å². The predicted molar refractivity (Wildman–Crippen MR) is 137 cm³/mol. The van der Waals surface area contributed by atoms with Gasteiger partial charge in [-0.25, -0.2) is 0 Å². The first-order chi connectivity index (χ1) is 15.8. The number of hydrogen-bond donors (Lipinski definition) is 0. The fourth-order valence-electron chi connectivity index (χ4n) is 5.32. The van der Waals surface area contributed by atoms with Crippen molar-refractivity contribution in [3.63, 3.8) is 0 Å². The van der Waals surface area contributed by atoms with Gasteiger partial charge in [0.05, 0.1) is 0 Å². The maximum absolute atomic E-state index is 13.6. The number of rotatable bonds is 3. The fraction of sp³-hybridized carbons (Fsp3) is 0.321. The molecule has 3 aromatic carbocycles. The van der Waals surface area contributed by atoms with Crippen LogP contribution in [0, 0.1) is 13.8 Å². The molecule has 0 aromatic heterocycles. The Morgan fingerprint density at radius 1 is 0.879 bits per heavy atom. The zero-order valence-corrected chi connectivity index (χ0v) is 20.6. The van der Waals surface area contributed by atoms with E-state index in [4.69, 9.17) is 23.2 Å². The van der Waals surface area contributed by atoms with E-state index in [1.807, 2.05) is 4.90 Å². The summed E-state index contributed by atoms with van der Waals surface area (Å²) in [6.07, 6.45) is 2.07. The molecule has 0 radical (unpaired) electrons. The highest BCUT2D eigenvalue weighted by molar-refractivity contribution is 6.35. The summed E-state index contributed by atoms with van der Waals surface area (Å²) in [5.74, 6) is -0.0385. The van der Waals surface area contributed by atoms with E-state index in [2.05, 4.69) is 61.2 Å². The number of carbonyl (C=O) groups excluding carboxylic acids is 1. The number of likely N-dealkylation sites (tertiary alicyclic amines) is 1.